The summed E-state index contributed by atoms with van der Waals surface area (Å²) in [6.45, 7) is 3.14. The van der Waals surface area contributed by atoms with Crippen molar-refractivity contribution in [3.8, 4) is 0 Å². The molecule has 1 aliphatic carbocycles. The van der Waals surface area contributed by atoms with Gasteiger partial charge in [-0.1, -0.05) is 31.5 Å². The Hall–Kier alpha value is -0.900. The van der Waals surface area contributed by atoms with Crippen LogP contribution >= 0.6 is 23.1 Å². The zero-order valence-electron chi connectivity index (χ0n) is 15.2. The molecule has 2 heterocycles. The lowest BCUT2D eigenvalue weighted by Crippen LogP contribution is -2.26. The van der Waals surface area contributed by atoms with Crippen LogP contribution in [0.4, 0.5) is 0 Å². The molecule has 6 nitrogen and oxygen atoms in total. The second-order valence-electron chi connectivity index (χ2n) is 6.61. The zero-order valence-corrected chi connectivity index (χ0v) is 17.7. The Balaban J connectivity index is 1.89. The Morgan fingerprint density at radius 2 is 2.12 bits per heavy atom. The van der Waals surface area contributed by atoms with Gasteiger partial charge in [-0.2, -0.15) is 0 Å². The van der Waals surface area contributed by atoms with Crippen LogP contribution in [-0.2, 0) is 29.4 Å². The zero-order chi connectivity index (χ0) is 18.7. The number of thiophene rings is 1. The summed E-state index contributed by atoms with van der Waals surface area (Å²) in [5, 5.41) is 1.52. The maximum absolute atomic E-state index is 13.2. The third-order valence-electron chi connectivity index (χ3n) is 4.47. The van der Waals surface area contributed by atoms with E-state index in [2.05, 4.69) is 11.6 Å². The lowest BCUT2D eigenvalue weighted by molar-refractivity contribution is 0.542. The molecule has 2 aromatic rings. The van der Waals surface area contributed by atoms with E-state index in [1.165, 1.54) is 22.2 Å². The number of sulfonamides is 1. The fourth-order valence-electron chi connectivity index (χ4n) is 3.25. The fourth-order valence-corrected chi connectivity index (χ4v) is 6.04. The van der Waals surface area contributed by atoms with Gasteiger partial charge in [-0.3, -0.25) is 9.36 Å². The highest BCUT2D eigenvalue weighted by Gasteiger charge is 2.23. The number of hydrogen-bond acceptors (Lipinski definition) is 6. The summed E-state index contributed by atoms with van der Waals surface area (Å²) in [4.78, 5) is 20.1. The van der Waals surface area contributed by atoms with Crippen LogP contribution in [0.15, 0.2) is 9.95 Å². The quantitative estimate of drug-likeness (QED) is 0.387. The van der Waals surface area contributed by atoms with Gasteiger partial charge < -0.3 is 0 Å². The van der Waals surface area contributed by atoms with Gasteiger partial charge >= 0.3 is 0 Å². The minimum atomic E-state index is -3.20. The highest BCUT2D eigenvalue weighted by atomic mass is 32.2. The maximum atomic E-state index is 13.2. The largest absolute Gasteiger partial charge is 0.287 e. The Kier molecular flexibility index (Phi) is 6.42. The molecule has 26 heavy (non-hydrogen) atoms. The van der Waals surface area contributed by atoms with Gasteiger partial charge in [0.15, 0.2) is 5.16 Å². The topological polar surface area (TPSA) is 81.1 Å². The fraction of sp³-hybridized carbons (Fsp3) is 0.647. The second-order valence-corrected chi connectivity index (χ2v) is 10.6. The highest BCUT2D eigenvalue weighted by Crippen LogP contribution is 2.35. The number of hydrogen-bond donors (Lipinski definition) is 1. The number of nitrogens with one attached hydrogen (secondary N) is 1. The average molecular weight is 416 g/mol. The van der Waals surface area contributed by atoms with Crippen molar-refractivity contribution in [2.45, 2.75) is 57.1 Å². The molecule has 0 saturated carbocycles. The van der Waals surface area contributed by atoms with Gasteiger partial charge in [-0.25, -0.2) is 18.1 Å². The van der Waals surface area contributed by atoms with E-state index < -0.39 is 10.0 Å². The van der Waals surface area contributed by atoms with E-state index >= 15 is 0 Å². The molecule has 0 amide bonds. The van der Waals surface area contributed by atoms with Crippen LogP contribution in [0, 0.1) is 0 Å². The van der Waals surface area contributed by atoms with Crippen LogP contribution in [0.3, 0.4) is 0 Å². The molecule has 0 aliphatic heterocycles. The van der Waals surface area contributed by atoms with Crippen LogP contribution in [0.1, 0.15) is 43.0 Å². The first-order valence-electron chi connectivity index (χ1n) is 9.03. The lowest BCUT2D eigenvalue weighted by Gasteiger charge is -2.12. The SMILES string of the molecule is CCCCCn1c(SCCNS(C)(=O)=O)nc2sc3c(c2c1=O)CCC3. The van der Waals surface area contributed by atoms with Crippen LogP contribution in [-0.4, -0.2) is 36.5 Å². The molecule has 0 aromatic carbocycles. The van der Waals surface area contributed by atoms with E-state index in [4.69, 9.17) is 4.98 Å². The standard InChI is InChI=1S/C17H25N3O3S3/c1-3-4-5-10-20-16(21)14-12-7-6-8-13(12)25-15(14)19-17(20)24-11-9-18-26(2,22)23/h18H,3-11H2,1-2H3. The average Bonchev–Trinajstić information content (AvgIpc) is 3.13. The molecular weight excluding hydrogens is 390 g/mol. The molecule has 1 N–H and O–H groups in total. The minimum absolute atomic E-state index is 0.0732. The Morgan fingerprint density at radius 1 is 1.31 bits per heavy atom. The molecule has 0 bridgehead atoms. The summed E-state index contributed by atoms with van der Waals surface area (Å²) in [5.41, 5.74) is 1.28. The maximum Gasteiger partial charge on any atom is 0.263 e. The van der Waals surface area contributed by atoms with E-state index in [0.717, 1.165) is 55.0 Å². The van der Waals surface area contributed by atoms with Crippen LogP contribution < -0.4 is 10.3 Å². The molecule has 3 rings (SSSR count). The molecule has 0 saturated heterocycles. The van der Waals surface area contributed by atoms with E-state index in [1.807, 2.05) is 0 Å². The normalized spacial score (nSPS) is 14.2. The summed E-state index contributed by atoms with van der Waals surface area (Å²) in [5.74, 6) is 0.546. The molecule has 0 unspecified atom stereocenters. The predicted octanol–water partition coefficient (Wildman–Crippen LogP) is 2.78. The number of nitrogens with zero attached hydrogens (tertiary/aromatic N) is 2. The van der Waals surface area contributed by atoms with Crippen molar-refractivity contribution in [3.63, 3.8) is 0 Å². The number of aromatic nitrogens is 2. The molecule has 2 aromatic heterocycles. The van der Waals surface area contributed by atoms with Crippen LogP contribution in [0.25, 0.3) is 10.2 Å². The Labute approximate surface area is 162 Å². The van der Waals surface area contributed by atoms with E-state index in [-0.39, 0.29) is 5.56 Å². The van der Waals surface area contributed by atoms with Crippen molar-refractivity contribution in [1.82, 2.24) is 14.3 Å². The number of unbranched alkanes of at least 4 members (excludes halogenated alkanes) is 2. The first-order valence-corrected chi connectivity index (χ1v) is 12.7. The molecular formula is C17H25N3O3S3. The molecule has 0 atom stereocenters. The Bertz CT molecular complexity index is 948. The van der Waals surface area contributed by atoms with Crippen molar-refractivity contribution in [2.24, 2.45) is 0 Å². The van der Waals surface area contributed by atoms with Crippen molar-refractivity contribution in [3.05, 3.63) is 20.8 Å². The molecule has 144 valence electrons. The number of rotatable bonds is 9. The number of fused-ring (bicyclic) bond motifs is 3. The highest BCUT2D eigenvalue weighted by molar-refractivity contribution is 7.99. The van der Waals surface area contributed by atoms with Crippen molar-refractivity contribution < 1.29 is 8.42 Å². The summed E-state index contributed by atoms with van der Waals surface area (Å²) in [7, 11) is -3.20. The Morgan fingerprint density at radius 3 is 2.85 bits per heavy atom. The van der Waals surface area contributed by atoms with Gasteiger partial charge in [0.25, 0.3) is 5.56 Å². The molecule has 0 radical (unpaired) electrons. The van der Waals surface area contributed by atoms with E-state index in [0.29, 0.717) is 24.0 Å². The summed E-state index contributed by atoms with van der Waals surface area (Å²) >= 11 is 3.09. The second kappa shape index (κ2) is 8.41. The van der Waals surface area contributed by atoms with Gasteiger partial charge in [0.2, 0.25) is 10.0 Å². The molecule has 9 heteroatoms. The number of thioether (sulfide) groups is 1. The van der Waals surface area contributed by atoms with Gasteiger partial charge in [0.05, 0.1) is 11.6 Å². The van der Waals surface area contributed by atoms with E-state index in [1.54, 1.807) is 15.9 Å². The third kappa shape index (κ3) is 4.49. The number of aryl methyl sites for hydroxylation is 2. The van der Waals surface area contributed by atoms with Crippen molar-refractivity contribution in [2.75, 3.05) is 18.6 Å². The van der Waals surface area contributed by atoms with Crippen LogP contribution in [0.5, 0.6) is 0 Å². The smallest absolute Gasteiger partial charge is 0.263 e. The molecule has 0 spiro atoms. The third-order valence-corrected chi connectivity index (χ3v) is 7.36. The predicted molar refractivity (Wildman–Crippen MR) is 109 cm³/mol. The molecule has 1 aliphatic rings. The summed E-state index contributed by atoms with van der Waals surface area (Å²) in [6, 6.07) is 0. The van der Waals surface area contributed by atoms with Crippen molar-refractivity contribution in [1.29, 1.82) is 0 Å². The van der Waals surface area contributed by atoms with E-state index in [9.17, 15) is 13.2 Å². The molecule has 0 fully saturated rings. The monoisotopic (exact) mass is 415 g/mol. The van der Waals surface area contributed by atoms with Gasteiger partial charge in [0, 0.05) is 23.7 Å². The minimum Gasteiger partial charge on any atom is -0.287 e. The summed E-state index contributed by atoms with van der Waals surface area (Å²) in [6.07, 6.45) is 7.42. The van der Waals surface area contributed by atoms with Gasteiger partial charge in [-0.15, -0.1) is 11.3 Å². The van der Waals surface area contributed by atoms with Gasteiger partial charge in [-0.05, 0) is 31.2 Å². The van der Waals surface area contributed by atoms with Crippen LogP contribution in [0.2, 0.25) is 0 Å². The first-order chi connectivity index (χ1) is 12.4. The lowest BCUT2D eigenvalue weighted by atomic mass is 10.2. The summed E-state index contributed by atoms with van der Waals surface area (Å²) < 4.78 is 26.7. The van der Waals surface area contributed by atoms with Crippen molar-refractivity contribution >= 4 is 43.3 Å². The first kappa shape index (κ1) is 19.9. The van der Waals surface area contributed by atoms with Gasteiger partial charge in [0.1, 0.15) is 4.83 Å².